The second-order valence-corrected chi connectivity index (χ2v) is 5.20. The summed E-state index contributed by atoms with van der Waals surface area (Å²) in [4.78, 5) is 20.2. The van der Waals surface area contributed by atoms with Crippen LogP contribution in [0.2, 0.25) is 5.02 Å². The van der Waals surface area contributed by atoms with Crippen molar-refractivity contribution in [3.05, 3.63) is 39.4 Å². The fraction of sp³-hybridized carbons (Fsp3) is 0.308. The highest BCUT2D eigenvalue weighted by molar-refractivity contribution is 7.07. The number of aromatic nitrogens is 2. The van der Waals surface area contributed by atoms with Crippen LogP contribution in [0.4, 0.5) is 5.82 Å². The molecule has 106 valence electrons. The fourth-order valence-corrected chi connectivity index (χ4v) is 2.45. The Morgan fingerprint density at radius 3 is 2.95 bits per heavy atom. The summed E-state index contributed by atoms with van der Waals surface area (Å²) in [6, 6.07) is 1.62. The van der Waals surface area contributed by atoms with Crippen molar-refractivity contribution in [2.75, 3.05) is 18.4 Å². The van der Waals surface area contributed by atoms with Gasteiger partial charge in [0.2, 0.25) is 0 Å². The molecule has 0 radical (unpaired) electrons. The van der Waals surface area contributed by atoms with Crippen molar-refractivity contribution < 1.29 is 4.79 Å². The monoisotopic (exact) mass is 310 g/mol. The van der Waals surface area contributed by atoms with Crippen LogP contribution in [0.3, 0.4) is 0 Å². The largest absolute Gasteiger partial charge is 0.369 e. The minimum Gasteiger partial charge on any atom is -0.369 e. The normalized spacial score (nSPS) is 10.3. The standard InChI is InChI=1S/C13H15ClN4OS/c1-2-15-12-11(14)5-9(6-17-12)13(19)16-4-3-10-7-20-8-18-10/h5-8H,2-4H2,1H3,(H,15,17)(H,16,19). The van der Waals surface area contributed by atoms with E-state index in [0.29, 0.717) is 29.4 Å². The summed E-state index contributed by atoms with van der Waals surface area (Å²) in [7, 11) is 0. The van der Waals surface area contributed by atoms with Crippen LogP contribution in [0.15, 0.2) is 23.2 Å². The van der Waals surface area contributed by atoms with Crippen LogP contribution >= 0.6 is 22.9 Å². The molecule has 0 aromatic carbocycles. The van der Waals surface area contributed by atoms with E-state index < -0.39 is 0 Å². The van der Waals surface area contributed by atoms with Gasteiger partial charge in [0, 0.05) is 31.1 Å². The first kappa shape index (κ1) is 14.7. The number of halogens is 1. The van der Waals surface area contributed by atoms with Crippen molar-refractivity contribution in [1.82, 2.24) is 15.3 Å². The molecular weight excluding hydrogens is 296 g/mol. The van der Waals surface area contributed by atoms with E-state index in [0.717, 1.165) is 12.2 Å². The van der Waals surface area contributed by atoms with Gasteiger partial charge >= 0.3 is 0 Å². The van der Waals surface area contributed by atoms with Crippen molar-refractivity contribution in [3.8, 4) is 0 Å². The summed E-state index contributed by atoms with van der Waals surface area (Å²) >= 11 is 7.60. The first-order chi connectivity index (χ1) is 9.70. The Kier molecular flexibility index (Phi) is 5.31. The maximum atomic E-state index is 11.9. The van der Waals surface area contributed by atoms with E-state index in [4.69, 9.17) is 11.6 Å². The summed E-state index contributed by atoms with van der Waals surface area (Å²) in [6.07, 6.45) is 2.23. The number of nitrogens with one attached hydrogen (secondary N) is 2. The first-order valence-corrected chi connectivity index (χ1v) is 7.57. The molecule has 7 heteroatoms. The summed E-state index contributed by atoms with van der Waals surface area (Å²) in [6.45, 7) is 3.22. The summed E-state index contributed by atoms with van der Waals surface area (Å²) in [5.74, 6) is 0.408. The number of carbonyl (C=O) groups excluding carboxylic acids is 1. The predicted octanol–water partition coefficient (Wildman–Crippen LogP) is 2.60. The van der Waals surface area contributed by atoms with E-state index in [2.05, 4.69) is 20.6 Å². The Balaban J connectivity index is 1.90. The molecule has 2 aromatic rings. The Bertz CT molecular complexity index is 574. The Labute approximate surface area is 126 Å². The molecule has 5 nitrogen and oxygen atoms in total. The second kappa shape index (κ2) is 7.21. The SMILES string of the molecule is CCNc1ncc(C(=O)NCCc2cscn2)cc1Cl. The highest BCUT2D eigenvalue weighted by atomic mass is 35.5. The number of nitrogens with zero attached hydrogens (tertiary/aromatic N) is 2. The van der Waals surface area contributed by atoms with Crippen molar-refractivity contribution >= 4 is 34.7 Å². The highest BCUT2D eigenvalue weighted by Crippen LogP contribution is 2.19. The molecule has 0 spiro atoms. The zero-order valence-electron chi connectivity index (χ0n) is 11.0. The van der Waals surface area contributed by atoms with Gasteiger partial charge in [-0.1, -0.05) is 11.6 Å². The van der Waals surface area contributed by atoms with Crippen LogP contribution in [0.25, 0.3) is 0 Å². The van der Waals surface area contributed by atoms with Gasteiger partial charge in [0.1, 0.15) is 5.82 Å². The van der Waals surface area contributed by atoms with Gasteiger partial charge in [-0.2, -0.15) is 0 Å². The molecule has 0 unspecified atom stereocenters. The van der Waals surface area contributed by atoms with E-state index in [1.807, 2.05) is 12.3 Å². The van der Waals surface area contributed by atoms with Crippen LogP contribution in [0, 0.1) is 0 Å². The molecule has 0 saturated heterocycles. The average molecular weight is 311 g/mol. The molecule has 0 saturated carbocycles. The van der Waals surface area contributed by atoms with Gasteiger partial charge in [-0.05, 0) is 13.0 Å². The fourth-order valence-electron chi connectivity index (χ4n) is 1.63. The smallest absolute Gasteiger partial charge is 0.252 e. The van der Waals surface area contributed by atoms with Crippen LogP contribution in [-0.2, 0) is 6.42 Å². The number of amides is 1. The van der Waals surface area contributed by atoms with Crippen LogP contribution in [0.5, 0.6) is 0 Å². The Hall–Kier alpha value is -1.66. The number of pyridine rings is 1. The van der Waals surface area contributed by atoms with Gasteiger partial charge < -0.3 is 10.6 Å². The van der Waals surface area contributed by atoms with Gasteiger partial charge in [0.25, 0.3) is 5.91 Å². The van der Waals surface area contributed by atoms with Crippen LogP contribution in [-0.4, -0.2) is 29.0 Å². The van der Waals surface area contributed by atoms with Crippen molar-refractivity contribution in [1.29, 1.82) is 0 Å². The minimum atomic E-state index is -0.183. The van der Waals surface area contributed by atoms with E-state index in [1.54, 1.807) is 22.9 Å². The van der Waals surface area contributed by atoms with Crippen molar-refractivity contribution in [2.24, 2.45) is 0 Å². The van der Waals surface area contributed by atoms with E-state index in [-0.39, 0.29) is 5.91 Å². The third-order valence-electron chi connectivity index (χ3n) is 2.60. The van der Waals surface area contributed by atoms with Gasteiger partial charge in [-0.25, -0.2) is 9.97 Å². The molecule has 0 fully saturated rings. The lowest BCUT2D eigenvalue weighted by molar-refractivity contribution is 0.0954. The number of hydrogen-bond donors (Lipinski definition) is 2. The predicted molar refractivity (Wildman–Crippen MR) is 81.6 cm³/mol. The van der Waals surface area contributed by atoms with Gasteiger partial charge in [0.15, 0.2) is 0 Å². The van der Waals surface area contributed by atoms with Crippen LogP contribution < -0.4 is 10.6 Å². The highest BCUT2D eigenvalue weighted by Gasteiger charge is 2.09. The first-order valence-electron chi connectivity index (χ1n) is 6.25. The van der Waals surface area contributed by atoms with E-state index >= 15 is 0 Å². The third-order valence-corrected chi connectivity index (χ3v) is 3.52. The average Bonchev–Trinajstić information content (AvgIpc) is 2.94. The van der Waals surface area contributed by atoms with E-state index in [1.165, 1.54) is 6.20 Å². The lowest BCUT2D eigenvalue weighted by atomic mass is 10.2. The number of anilines is 1. The van der Waals surface area contributed by atoms with Gasteiger partial charge in [-0.3, -0.25) is 4.79 Å². The summed E-state index contributed by atoms with van der Waals surface area (Å²) in [5.41, 5.74) is 3.21. The number of rotatable bonds is 6. The quantitative estimate of drug-likeness (QED) is 0.860. The summed E-state index contributed by atoms with van der Waals surface area (Å²) in [5, 5.41) is 8.26. The lowest BCUT2D eigenvalue weighted by Gasteiger charge is -2.07. The molecule has 2 aromatic heterocycles. The molecule has 0 atom stereocenters. The van der Waals surface area contributed by atoms with Gasteiger partial charge in [0.05, 0.1) is 21.8 Å². The molecule has 0 aliphatic rings. The second-order valence-electron chi connectivity index (χ2n) is 4.07. The maximum absolute atomic E-state index is 11.9. The Morgan fingerprint density at radius 1 is 1.45 bits per heavy atom. The van der Waals surface area contributed by atoms with E-state index in [9.17, 15) is 4.79 Å². The molecule has 1 amide bonds. The Morgan fingerprint density at radius 2 is 2.30 bits per heavy atom. The number of thiazole rings is 1. The van der Waals surface area contributed by atoms with Gasteiger partial charge in [-0.15, -0.1) is 11.3 Å². The van der Waals surface area contributed by atoms with Crippen molar-refractivity contribution in [2.45, 2.75) is 13.3 Å². The topological polar surface area (TPSA) is 66.9 Å². The molecule has 2 heterocycles. The molecule has 0 aliphatic carbocycles. The molecule has 2 rings (SSSR count). The molecule has 0 aliphatic heterocycles. The molecule has 20 heavy (non-hydrogen) atoms. The summed E-state index contributed by atoms with van der Waals surface area (Å²) < 4.78 is 0. The zero-order chi connectivity index (χ0) is 14.4. The van der Waals surface area contributed by atoms with Crippen molar-refractivity contribution in [3.63, 3.8) is 0 Å². The molecule has 2 N–H and O–H groups in total. The third kappa shape index (κ3) is 3.91. The molecular formula is C13H15ClN4OS. The zero-order valence-corrected chi connectivity index (χ0v) is 12.6. The maximum Gasteiger partial charge on any atom is 0.252 e. The molecule has 0 bridgehead atoms. The lowest BCUT2D eigenvalue weighted by Crippen LogP contribution is -2.26. The minimum absolute atomic E-state index is 0.183. The van der Waals surface area contributed by atoms with Crippen LogP contribution in [0.1, 0.15) is 23.0 Å². The number of carbonyl (C=O) groups is 1. The number of hydrogen-bond acceptors (Lipinski definition) is 5.